The Morgan fingerprint density at radius 2 is 1.88 bits per heavy atom. The quantitative estimate of drug-likeness (QED) is 0.354. The number of sulfone groups is 1. The molecule has 1 rings (SSSR count). The van der Waals surface area contributed by atoms with Crippen LogP contribution in [0.5, 0.6) is 0 Å². The highest BCUT2D eigenvalue weighted by atomic mass is 32.2. The molecule has 1 aromatic carbocycles. The molecule has 142 valence electrons. The zero-order valence-electron chi connectivity index (χ0n) is 14.3. The Bertz CT molecular complexity index is 757. The average molecular weight is 383 g/mol. The van der Waals surface area contributed by atoms with E-state index < -0.39 is 40.1 Å². The molecule has 9 heteroatoms. The lowest BCUT2D eigenvalue weighted by molar-refractivity contribution is -0.151. The number of esters is 1. The zero-order valence-corrected chi connectivity index (χ0v) is 15.1. The molecule has 0 aliphatic rings. The van der Waals surface area contributed by atoms with Gasteiger partial charge in [-0.25, -0.2) is 13.2 Å². The van der Waals surface area contributed by atoms with Crippen LogP contribution in [-0.2, 0) is 29.0 Å². The Morgan fingerprint density at radius 1 is 1.23 bits per heavy atom. The number of rotatable bonds is 10. The number of amides is 1. The molecule has 0 aliphatic carbocycles. The summed E-state index contributed by atoms with van der Waals surface area (Å²) in [6, 6.07) is 6.06. The van der Waals surface area contributed by atoms with Crippen molar-refractivity contribution in [1.29, 1.82) is 0 Å². The van der Waals surface area contributed by atoms with Gasteiger partial charge in [-0.1, -0.05) is 31.5 Å². The van der Waals surface area contributed by atoms with Crippen molar-refractivity contribution in [2.24, 2.45) is 0 Å². The van der Waals surface area contributed by atoms with Gasteiger partial charge in [-0.2, -0.15) is 0 Å². The lowest BCUT2D eigenvalue weighted by Crippen LogP contribution is -2.42. The van der Waals surface area contributed by atoms with Crippen LogP contribution in [0, 0.1) is 0 Å². The molecule has 0 fully saturated rings. The van der Waals surface area contributed by atoms with Crippen molar-refractivity contribution >= 4 is 27.7 Å². The summed E-state index contributed by atoms with van der Waals surface area (Å²) in [5, 5.41) is 11.7. The maximum Gasteiger partial charge on any atom is 0.329 e. The number of nitrogens with one attached hydrogen (secondary N) is 1. The van der Waals surface area contributed by atoms with Gasteiger partial charge >= 0.3 is 11.9 Å². The molecule has 0 aromatic heterocycles. The molecular weight excluding hydrogens is 362 g/mol. The second-order valence-corrected chi connectivity index (χ2v) is 7.17. The van der Waals surface area contributed by atoms with Gasteiger partial charge in [-0.05, 0) is 18.6 Å². The Morgan fingerprint density at radius 3 is 2.46 bits per heavy atom. The molecule has 26 heavy (non-hydrogen) atoms. The number of carbonyl (C=O) groups is 3. The van der Waals surface area contributed by atoms with Gasteiger partial charge in [0.1, 0.15) is 6.04 Å². The third-order valence-electron chi connectivity index (χ3n) is 3.19. The van der Waals surface area contributed by atoms with Crippen LogP contribution in [0.25, 0.3) is 0 Å². The molecule has 1 atom stereocenters. The monoisotopic (exact) mass is 383 g/mol. The van der Waals surface area contributed by atoms with E-state index in [-0.39, 0.29) is 11.5 Å². The van der Waals surface area contributed by atoms with Gasteiger partial charge in [0, 0.05) is 11.5 Å². The van der Waals surface area contributed by atoms with Crippen LogP contribution < -0.4 is 5.32 Å². The molecule has 0 spiro atoms. The number of hydrogen-bond donors (Lipinski definition) is 2. The van der Waals surface area contributed by atoms with E-state index in [0.717, 1.165) is 12.5 Å². The fourth-order valence-electron chi connectivity index (χ4n) is 1.85. The third-order valence-corrected chi connectivity index (χ3v) is 4.62. The molecule has 1 amide bonds. The van der Waals surface area contributed by atoms with Crippen molar-refractivity contribution in [3.8, 4) is 0 Å². The van der Waals surface area contributed by atoms with Crippen molar-refractivity contribution in [1.82, 2.24) is 5.32 Å². The first-order valence-corrected chi connectivity index (χ1v) is 9.48. The SMILES string of the molecule is CCCCOC(=O)[C@@H](CC(=O)O)NC(=O)/C=C/S(=O)(=O)c1ccccc1. The van der Waals surface area contributed by atoms with Crippen LogP contribution in [0.3, 0.4) is 0 Å². The predicted octanol–water partition coefficient (Wildman–Crippen LogP) is 1.28. The first-order chi connectivity index (χ1) is 12.3. The topological polar surface area (TPSA) is 127 Å². The summed E-state index contributed by atoms with van der Waals surface area (Å²) >= 11 is 0. The molecule has 0 unspecified atom stereocenters. The standard InChI is InChI=1S/C17H21NO7S/c1-2-3-10-25-17(22)14(12-16(20)21)18-15(19)9-11-26(23,24)13-7-5-4-6-8-13/h4-9,11,14H,2-3,10,12H2,1H3,(H,18,19)(H,20,21)/b11-9+/t14-/m1/s1. The normalized spacial score (nSPS) is 12.5. The summed E-state index contributed by atoms with van der Waals surface area (Å²) in [6.45, 7) is 2.00. The van der Waals surface area contributed by atoms with Crippen LogP contribution in [0.2, 0.25) is 0 Å². The molecular formula is C17H21NO7S. The minimum Gasteiger partial charge on any atom is -0.481 e. The lowest BCUT2D eigenvalue weighted by Gasteiger charge is -2.14. The smallest absolute Gasteiger partial charge is 0.329 e. The van der Waals surface area contributed by atoms with Crippen molar-refractivity contribution in [3.05, 3.63) is 41.8 Å². The summed E-state index contributed by atoms with van der Waals surface area (Å²) < 4.78 is 29.0. The largest absolute Gasteiger partial charge is 0.481 e. The van der Waals surface area contributed by atoms with Gasteiger partial charge in [0.05, 0.1) is 17.9 Å². The number of unbranched alkanes of at least 4 members (excludes halogenated alkanes) is 1. The van der Waals surface area contributed by atoms with Crippen LogP contribution in [0.4, 0.5) is 0 Å². The molecule has 0 saturated carbocycles. The van der Waals surface area contributed by atoms with Gasteiger partial charge < -0.3 is 15.2 Å². The highest BCUT2D eigenvalue weighted by Crippen LogP contribution is 2.11. The summed E-state index contributed by atoms with van der Waals surface area (Å²) in [5.41, 5.74) is 0. The third kappa shape index (κ3) is 7.47. The molecule has 2 N–H and O–H groups in total. The minimum atomic E-state index is -3.83. The Hall–Kier alpha value is -2.68. The fraction of sp³-hybridized carbons (Fsp3) is 0.353. The molecule has 8 nitrogen and oxygen atoms in total. The van der Waals surface area contributed by atoms with E-state index in [1.54, 1.807) is 6.07 Å². The van der Waals surface area contributed by atoms with Gasteiger partial charge in [0.2, 0.25) is 5.91 Å². The number of benzene rings is 1. The number of ether oxygens (including phenoxy) is 1. The van der Waals surface area contributed by atoms with E-state index in [1.807, 2.05) is 6.92 Å². The highest BCUT2D eigenvalue weighted by molar-refractivity contribution is 7.94. The van der Waals surface area contributed by atoms with Crippen molar-refractivity contribution in [2.45, 2.75) is 37.1 Å². The van der Waals surface area contributed by atoms with Crippen LogP contribution in [-0.4, -0.2) is 44.0 Å². The van der Waals surface area contributed by atoms with E-state index in [0.29, 0.717) is 11.8 Å². The second kappa shape index (κ2) is 10.3. The molecule has 0 bridgehead atoms. The summed E-state index contributed by atoms with van der Waals surface area (Å²) in [4.78, 5) is 34.6. The maximum absolute atomic E-state index is 12.1. The summed E-state index contributed by atoms with van der Waals surface area (Å²) in [7, 11) is -3.83. The van der Waals surface area contributed by atoms with E-state index in [4.69, 9.17) is 9.84 Å². The maximum atomic E-state index is 12.1. The first kappa shape index (κ1) is 21.4. The first-order valence-electron chi connectivity index (χ1n) is 7.93. The number of hydrogen-bond acceptors (Lipinski definition) is 6. The zero-order chi connectivity index (χ0) is 19.6. The van der Waals surface area contributed by atoms with E-state index >= 15 is 0 Å². The number of carboxylic acids is 1. The van der Waals surface area contributed by atoms with Crippen molar-refractivity contribution in [3.63, 3.8) is 0 Å². The van der Waals surface area contributed by atoms with E-state index in [2.05, 4.69) is 5.32 Å². The number of carbonyl (C=O) groups excluding carboxylic acids is 2. The van der Waals surface area contributed by atoms with E-state index in [1.165, 1.54) is 24.3 Å². The Balaban J connectivity index is 2.76. The molecule has 1 aromatic rings. The second-order valence-electron chi connectivity index (χ2n) is 5.34. The summed E-state index contributed by atoms with van der Waals surface area (Å²) in [5.74, 6) is -3.10. The predicted molar refractivity (Wildman–Crippen MR) is 92.8 cm³/mol. The molecule has 0 radical (unpaired) electrons. The van der Waals surface area contributed by atoms with Crippen LogP contribution >= 0.6 is 0 Å². The van der Waals surface area contributed by atoms with Crippen LogP contribution in [0.1, 0.15) is 26.2 Å². The number of carboxylic acid groups (broad SMARTS) is 1. The van der Waals surface area contributed by atoms with Crippen LogP contribution in [0.15, 0.2) is 46.7 Å². The highest BCUT2D eigenvalue weighted by Gasteiger charge is 2.24. The average Bonchev–Trinajstić information content (AvgIpc) is 2.60. The Kier molecular flexibility index (Phi) is 8.50. The molecule has 0 saturated heterocycles. The van der Waals surface area contributed by atoms with Crippen molar-refractivity contribution < 1.29 is 32.6 Å². The molecule has 0 heterocycles. The van der Waals surface area contributed by atoms with E-state index in [9.17, 15) is 22.8 Å². The number of aliphatic carboxylic acids is 1. The Labute approximate surface area is 151 Å². The summed E-state index contributed by atoms with van der Waals surface area (Å²) in [6.07, 6.45) is 1.45. The van der Waals surface area contributed by atoms with Gasteiger partial charge in [0.15, 0.2) is 9.84 Å². The minimum absolute atomic E-state index is 0.00473. The fourth-order valence-corrected chi connectivity index (χ4v) is 2.84. The van der Waals surface area contributed by atoms with Gasteiger partial charge in [-0.15, -0.1) is 0 Å². The van der Waals surface area contributed by atoms with Gasteiger partial charge in [0.25, 0.3) is 0 Å². The lowest BCUT2D eigenvalue weighted by atomic mass is 10.2. The molecule has 0 aliphatic heterocycles. The van der Waals surface area contributed by atoms with Gasteiger partial charge in [-0.3, -0.25) is 9.59 Å². The van der Waals surface area contributed by atoms with Crippen molar-refractivity contribution in [2.75, 3.05) is 6.61 Å².